The van der Waals surface area contributed by atoms with Crippen molar-refractivity contribution in [3.8, 4) is 28.7 Å². The van der Waals surface area contributed by atoms with Gasteiger partial charge < -0.3 is 36.1 Å². The molecule has 0 spiro atoms. The van der Waals surface area contributed by atoms with Crippen LogP contribution in [0.15, 0.2) is 54.6 Å². The minimum atomic E-state index is -1.22. The number of aromatic hydroxyl groups is 2. The van der Waals surface area contributed by atoms with Crippen molar-refractivity contribution >= 4 is 29.2 Å². The molecule has 1 aliphatic heterocycles. The lowest BCUT2D eigenvalue weighted by atomic mass is 9.99. The van der Waals surface area contributed by atoms with Crippen LogP contribution >= 0.6 is 11.6 Å². The number of fused-ring (bicyclic) bond motifs is 4. The molecule has 4 bridgehead atoms. The Morgan fingerprint density at radius 3 is 2.47 bits per heavy atom. The molecule has 10 nitrogen and oxygen atoms in total. The summed E-state index contributed by atoms with van der Waals surface area (Å²) in [5.41, 5.74) is 7.36. The summed E-state index contributed by atoms with van der Waals surface area (Å²) < 4.78 is 10.9. The fraction of sp³-hybridized carbons (Fsp3) is 0.222. The summed E-state index contributed by atoms with van der Waals surface area (Å²) in [6.45, 7) is 1.28. The summed E-state index contributed by atoms with van der Waals surface area (Å²) in [5.74, 6) is -1.71. The molecule has 3 atom stereocenters. The molecule has 0 saturated carbocycles. The molecule has 3 aromatic rings. The van der Waals surface area contributed by atoms with E-state index in [2.05, 4.69) is 10.6 Å². The van der Waals surface area contributed by atoms with Crippen LogP contribution in [0.25, 0.3) is 0 Å². The average molecular weight is 540 g/mol. The molecular formula is C27H26ClN3O7. The highest BCUT2D eigenvalue weighted by molar-refractivity contribution is 6.32. The van der Waals surface area contributed by atoms with Gasteiger partial charge in [0, 0.05) is 12.5 Å². The molecule has 0 radical (unpaired) electrons. The van der Waals surface area contributed by atoms with Crippen LogP contribution in [0.5, 0.6) is 28.7 Å². The van der Waals surface area contributed by atoms with Gasteiger partial charge in [0.1, 0.15) is 35.4 Å². The van der Waals surface area contributed by atoms with Crippen LogP contribution in [0.3, 0.4) is 0 Å². The number of carbonyl (C=O) groups excluding carboxylic acids is 3. The van der Waals surface area contributed by atoms with Gasteiger partial charge >= 0.3 is 0 Å². The normalized spacial score (nSPS) is 19.4. The van der Waals surface area contributed by atoms with E-state index in [0.717, 1.165) is 0 Å². The van der Waals surface area contributed by atoms with Crippen molar-refractivity contribution in [1.82, 2.24) is 10.6 Å². The summed E-state index contributed by atoms with van der Waals surface area (Å²) in [5, 5.41) is 26.2. The number of rotatable bonds is 4. The van der Waals surface area contributed by atoms with E-state index in [1.54, 1.807) is 18.2 Å². The number of halogens is 1. The second-order valence-corrected chi connectivity index (χ2v) is 9.26. The Hall–Kier alpha value is -4.28. The molecule has 0 saturated heterocycles. The minimum Gasteiger partial charge on any atom is -0.508 e. The van der Waals surface area contributed by atoms with E-state index in [4.69, 9.17) is 26.8 Å². The highest BCUT2D eigenvalue weighted by atomic mass is 35.5. The van der Waals surface area contributed by atoms with E-state index in [1.165, 1.54) is 50.4 Å². The molecule has 38 heavy (non-hydrogen) atoms. The molecule has 3 aromatic carbocycles. The van der Waals surface area contributed by atoms with E-state index in [1.807, 2.05) is 0 Å². The zero-order chi connectivity index (χ0) is 27.6. The molecule has 0 aliphatic carbocycles. The predicted molar refractivity (Wildman–Crippen MR) is 138 cm³/mol. The summed E-state index contributed by atoms with van der Waals surface area (Å²) >= 11 is 6.25. The van der Waals surface area contributed by atoms with Gasteiger partial charge in [-0.25, -0.2) is 0 Å². The number of phenolic OH excluding ortho intramolecular Hbond substituents is 2. The van der Waals surface area contributed by atoms with E-state index < -0.39 is 35.7 Å². The zero-order valence-electron chi connectivity index (χ0n) is 20.5. The molecule has 1 aliphatic rings. The Morgan fingerprint density at radius 1 is 1.03 bits per heavy atom. The lowest BCUT2D eigenvalue weighted by molar-refractivity contribution is -0.131. The maximum Gasteiger partial charge on any atom is 0.243 e. The summed E-state index contributed by atoms with van der Waals surface area (Å²) in [6, 6.07) is 9.61. The van der Waals surface area contributed by atoms with E-state index >= 15 is 0 Å². The summed E-state index contributed by atoms with van der Waals surface area (Å²) in [6.07, 6.45) is 0.0217. The number of ether oxygens (including phenoxy) is 2. The zero-order valence-corrected chi connectivity index (χ0v) is 21.3. The van der Waals surface area contributed by atoms with Gasteiger partial charge in [-0.1, -0.05) is 23.7 Å². The minimum absolute atomic E-state index is 0.0211. The van der Waals surface area contributed by atoms with Crippen LogP contribution in [0, 0.1) is 0 Å². The Bertz CT molecular complexity index is 1410. The Balaban J connectivity index is 1.80. The Labute approximate surface area is 223 Å². The number of nitrogens with one attached hydrogen (secondary N) is 2. The van der Waals surface area contributed by atoms with Gasteiger partial charge in [0.05, 0.1) is 12.1 Å². The molecule has 0 unspecified atom stereocenters. The van der Waals surface area contributed by atoms with Crippen molar-refractivity contribution < 1.29 is 34.1 Å². The maximum absolute atomic E-state index is 13.5. The molecule has 2 amide bonds. The molecule has 198 valence electrons. The maximum atomic E-state index is 13.5. The van der Waals surface area contributed by atoms with Crippen molar-refractivity contribution in [2.75, 3.05) is 7.11 Å². The number of amides is 2. The molecule has 6 N–H and O–H groups in total. The first-order chi connectivity index (χ1) is 18.0. The standard InChI is InChI=1S/C27H26ClN3O7/c1-13(32)25-16-9-17(33)12-18(10-16)38-23-11-15(4-5-21(23)34)24(29)27(36)30-20(26(35)31-25)8-14-3-6-22(37-2)19(28)7-14/h3-7,9-12,20,24-25,33-34H,8,29H2,1-2H3,(H,30,36)(H,31,35)/t20-,24-,25-/m1/s1. The summed E-state index contributed by atoms with van der Waals surface area (Å²) in [7, 11) is 1.47. The smallest absolute Gasteiger partial charge is 0.243 e. The molecule has 0 aromatic heterocycles. The topological polar surface area (TPSA) is 160 Å². The summed E-state index contributed by atoms with van der Waals surface area (Å²) in [4.78, 5) is 39.2. The van der Waals surface area contributed by atoms with Gasteiger partial charge in [-0.2, -0.15) is 0 Å². The SMILES string of the molecule is COc1ccc(C[C@H]2NC(=O)[C@H](N)c3ccc(O)c(c3)Oc3cc(O)cc(c3)[C@@H](C(C)=O)NC2=O)cc1Cl. The monoisotopic (exact) mass is 539 g/mol. The van der Waals surface area contributed by atoms with E-state index in [-0.39, 0.29) is 35.0 Å². The van der Waals surface area contributed by atoms with Crippen molar-refractivity contribution in [2.24, 2.45) is 5.73 Å². The molecule has 4 rings (SSSR count). The molecular weight excluding hydrogens is 514 g/mol. The second-order valence-electron chi connectivity index (χ2n) is 8.85. The number of hydrogen-bond donors (Lipinski definition) is 5. The number of carbonyl (C=O) groups is 3. The number of benzene rings is 3. The second kappa shape index (κ2) is 11.0. The Morgan fingerprint density at radius 2 is 1.79 bits per heavy atom. The Kier molecular flexibility index (Phi) is 7.75. The molecule has 11 heteroatoms. The van der Waals surface area contributed by atoms with Crippen LogP contribution in [0.1, 0.15) is 35.7 Å². The van der Waals surface area contributed by atoms with Crippen molar-refractivity contribution in [3.63, 3.8) is 0 Å². The van der Waals surface area contributed by atoms with Gasteiger partial charge in [-0.15, -0.1) is 0 Å². The van der Waals surface area contributed by atoms with Crippen molar-refractivity contribution in [2.45, 2.75) is 31.5 Å². The van der Waals surface area contributed by atoms with Crippen LogP contribution in [0.4, 0.5) is 0 Å². The van der Waals surface area contributed by atoms with Crippen molar-refractivity contribution in [3.05, 3.63) is 76.3 Å². The fourth-order valence-electron chi connectivity index (χ4n) is 4.12. The number of ketones is 1. The van der Waals surface area contributed by atoms with Gasteiger partial charge in [-0.05, 0) is 60.0 Å². The van der Waals surface area contributed by atoms with Gasteiger partial charge in [0.15, 0.2) is 17.3 Å². The van der Waals surface area contributed by atoms with Gasteiger partial charge in [0.25, 0.3) is 0 Å². The van der Waals surface area contributed by atoms with Crippen LogP contribution in [-0.4, -0.2) is 41.0 Å². The first kappa shape index (κ1) is 26.8. The van der Waals surface area contributed by atoms with E-state index in [0.29, 0.717) is 21.9 Å². The predicted octanol–water partition coefficient (Wildman–Crippen LogP) is 3.04. The number of hydrogen-bond acceptors (Lipinski definition) is 8. The average Bonchev–Trinajstić information content (AvgIpc) is 2.86. The molecule has 0 fully saturated rings. The quantitative estimate of drug-likeness (QED) is 0.338. The third kappa shape index (κ3) is 5.82. The lowest BCUT2D eigenvalue weighted by Crippen LogP contribution is -2.51. The first-order valence-corrected chi connectivity index (χ1v) is 12.0. The third-order valence-electron chi connectivity index (χ3n) is 6.08. The fourth-order valence-corrected chi connectivity index (χ4v) is 4.40. The number of nitrogens with two attached hydrogens (primary N) is 1. The van der Waals surface area contributed by atoms with Crippen LogP contribution in [-0.2, 0) is 20.8 Å². The van der Waals surface area contributed by atoms with Crippen LogP contribution in [0.2, 0.25) is 5.02 Å². The van der Waals surface area contributed by atoms with Gasteiger partial charge in [-0.3, -0.25) is 14.4 Å². The number of Topliss-reactive ketones (excluding diaryl/α,β-unsaturated/α-hetero) is 1. The highest BCUT2D eigenvalue weighted by Gasteiger charge is 2.30. The highest BCUT2D eigenvalue weighted by Crippen LogP contribution is 2.36. The third-order valence-corrected chi connectivity index (χ3v) is 6.38. The first-order valence-electron chi connectivity index (χ1n) is 11.6. The van der Waals surface area contributed by atoms with Crippen molar-refractivity contribution in [1.29, 1.82) is 0 Å². The van der Waals surface area contributed by atoms with E-state index in [9.17, 15) is 24.6 Å². The van der Waals surface area contributed by atoms with Gasteiger partial charge in [0.2, 0.25) is 11.8 Å². The number of phenols is 2. The number of methoxy groups -OCH3 is 1. The lowest BCUT2D eigenvalue weighted by Gasteiger charge is -2.25. The largest absolute Gasteiger partial charge is 0.508 e. The molecule has 1 heterocycles. The van der Waals surface area contributed by atoms with Crippen LogP contribution < -0.4 is 25.8 Å².